The molecule has 61 heavy (non-hydrogen) atoms. The molecular formula is C47H46N2O10S2. The molecule has 10 unspecified atom stereocenters. The third-order valence-corrected chi connectivity index (χ3v) is 17.2. The lowest BCUT2D eigenvalue weighted by atomic mass is 9.55. The molecule has 0 aromatic heterocycles. The van der Waals surface area contributed by atoms with Gasteiger partial charge in [-0.3, -0.25) is 9.59 Å². The Morgan fingerprint density at radius 2 is 1.75 bits per heavy atom. The van der Waals surface area contributed by atoms with Crippen LogP contribution < -0.4 is 15.4 Å². The van der Waals surface area contributed by atoms with Gasteiger partial charge in [0.2, 0.25) is 6.29 Å². The first-order valence-corrected chi connectivity index (χ1v) is 23.3. The van der Waals surface area contributed by atoms with Crippen LogP contribution in [0.4, 0.5) is 0 Å². The Morgan fingerprint density at radius 3 is 2.59 bits per heavy atom. The summed E-state index contributed by atoms with van der Waals surface area (Å²) in [6.45, 7) is -0.331. The summed E-state index contributed by atoms with van der Waals surface area (Å²) in [4.78, 5) is 30.4. The molecule has 316 valence electrons. The van der Waals surface area contributed by atoms with Crippen LogP contribution in [-0.4, -0.2) is 91.3 Å². The van der Waals surface area contributed by atoms with Gasteiger partial charge in [0, 0.05) is 28.8 Å². The lowest BCUT2D eigenvalue weighted by Gasteiger charge is -2.55. The number of benzene rings is 3. The van der Waals surface area contributed by atoms with Crippen LogP contribution in [-0.2, 0) is 17.8 Å². The van der Waals surface area contributed by atoms with Crippen molar-refractivity contribution in [3.63, 3.8) is 0 Å². The fourth-order valence-electron chi connectivity index (χ4n) is 11.9. The number of dihydropyridines is 1. The van der Waals surface area contributed by atoms with Crippen LogP contribution in [0.1, 0.15) is 85.5 Å². The zero-order valence-corrected chi connectivity index (χ0v) is 34.7. The molecule has 10 atom stereocenters. The Kier molecular flexibility index (Phi) is 9.27. The number of hydrogen-bond acceptors (Lipinski definition) is 14. The molecule has 6 heterocycles. The highest BCUT2D eigenvalue weighted by atomic mass is 33.1. The molecule has 12 nitrogen and oxygen atoms in total. The summed E-state index contributed by atoms with van der Waals surface area (Å²) >= 11 is 0. The molecule has 12 bridgehead atoms. The Hall–Kier alpha value is -4.38. The molecule has 0 radical (unpaired) electrons. The van der Waals surface area contributed by atoms with Gasteiger partial charge >= 0.3 is 0 Å². The Bertz CT molecular complexity index is 2540. The summed E-state index contributed by atoms with van der Waals surface area (Å²) in [6, 6.07) is 18.3. The zero-order chi connectivity index (χ0) is 42.0. The molecule has 1 saturated carbocycles. The minimum absolute atomic E-state index is 0.0112. The highest BCUT2D eigenvalue weighted by Crippen LogP contribution is 2.68. The van der Waals surface area contributed by atoms with E-state index in [1.807, 2.05) is 30.3 Å². The van der Waals surface area contributed by atoms with Crippen molar-refractivity contribution in [1.82, 2.24) is 10.6 Å². The smallest absolute Gasteiger partial charge is 0.229 e. The number of hydrogen-bond donors (Lipinski definition) is 8. The van der Waals surface area contributed by atoms with E-state index in [0.717, 1.165) is 57.6 Å². The highest BCUT2D eigenvalue weighted by molar-refractivity contribution is 8.76. The maximum Gasteiger partial charge on any atom is 0.229 e. The Labute approximate surface area is 359 Å². The molecule has 4 aliphatic carbocycles. The quantitative estimate of drug-likeness (QED) is 0.165. The maximum absolute atomic E-state index is 15.4. The predicted molar refractivity (Wildman–Crippen MR) is 228 cm³/mol. The van der Waals surface area contributed by atoms with Crippen LogP contribution in [0.15, 0.2) is 102 Å². The van der Waals surface area contributed by atoms with Gasteiger partial charge in [0.25, 0.3) is 0 Å². The number of ketones is 2. The second-order valence-corrected chi connectivity index (χ2v) is 20.2. The van der Waals surface area contributed by atoms with Crippen molar-refractivity contribution >= 4 is 38.7 Å². The second kappa shape index (κ2) is 14.3. The number of nitrogens with one attached hydrogen (secondary N) is 2. The fraction of sp³-hybridized carbons (Fsp3) is 0.404. The van der Waals surface area contributed by atoms with Gasteiger partial charge in [-0.05, 0) is 82.7 Å². The van der Waals surface area contributed by atoms with Crippen LogP contribution in [0.5, 0.6) is 5.75 Å². The first kappa shape index (κ1) is 39.5. The molecule has 8 N–H and O–H groups in total. The highest BCUT2D eigenvalue weighted by Gasteiger charge is 2.64. The van der Waals surface area contributed by atoms with E-state index in [1.54, 1.807) is 24.3 Å². The summed E-state index contributed by atoms with van der Waals surface area (Å²) in [6.07, 6.45) is 1.51. The summed E-state index contributed by atoms with van der Waals surface area (Å²) in [5, 5.41) is 76.8. The van der Waals surface area contributed by atoms with E-state index in [2.05, 4.69) is 28.8 Å². The van der Waals surface area contributed by atoms with Crippen molar-refractivity contribution < 1.29 is 49.7 Å². The van der Waals surface area contributed by atoms with Crippen molar-refractivity contribution in [3.05, 3.63) is 141 Å². The van der Waals surface area contributed by atoms with Crippen LogP contribution in [0, 0.1) is 16.7 Å². The van der Waals surface area contributed by atoms with Gasteiger partial charge in [-0.15, -0.1) is 0 Å². The summed E-state index contributed by atoms with van der Waals surface area (Å²) in [5.74, 6) is -1.61. The van der Waals surface area contributed by atoms with Crippen molar-refractivity contribution in [2.75, 3.05) is 18.9 Å². The molecule has 14 heteroatoms. The normalized spacial score (nSPS) is 35.7. The average molecular weight is 863 g/mol. The third-order valence-electron chi connectivity index (χ3n) is 14.6. The molecule has 0 amide bonds. The van der Waals surface area contributed by atoms with Gasteiger partial charge in [0.1, 0.15) is 52.0 Å². The van der Waals surface area contributed by atoms with Gasteiger partial charge in [0.05, 0.1) is 24.7 Å². The molecular weight excluding hydrogens is 817 g/mol. The summed E-state index contributed by atoms with van der Waals surface area (Å²) < 4.78 is 12.5. The third kappa shape index (κ3) is 5.56. The first-order valence-electron chi connectivity index (χ1n) is 20.9. The van der Waals surface area contributed by atoms with E-state index in [0.29, 0.717) is 25.0 Å². The van der Waals surface area contributed by atoms with E-state index < -0.39 is 65.1 Å². The number of rotatable bonds is 4. The molecule has 2 fully saturated rings. The van der Waals surface area contributed by atoms with Crippen molar-refractivity contribution in [2.45, 2.75) is 80.2 Å². The lowest BCUT2D eigenvalue weighted by Crippen LogP contribution is -2.69. The van der Waals surface area contributed by atoms with E-state index in [4.69, 9.17) is 9.47 Å². The van der Waals surface area contributed by atoms with Crippen molar-refractivity contribution in [1.29, 1.82) is 0 Å². The monoisotopic (exact) mass is 862 g/mol. The maximum atomic E-state index is 15.4. The molecule has 6 aliphatic heterocycles. The van der Waals surface area contributed by atoms with Crippen LogP contribution in [0.3, 0.4) is 0 Å². The number of carbonyl (C=O) groups excluding carboxylic acids is 2. The van der Waals surface area contributed by atoms with Crippen molar-refractivity contribution in [3.8, 4) is 5.75 Å². The van der Waals surface area contributed by atoms with Crippen LogP contribution in [0.25, 0.3) is 5.57 Å². The number of aliphatic hydroxyl groups excluding tert-OH is 5. The van der Waals surface area contributed by atoms with E-state index in [9.17, 15) is 35.4 Å². The van der Waals surface area contributed by atoms with E-state index >= 15 is 4.79 Å². The second-order valence-electron chi connectivity index (χ2n) is 17.7. The number of aliphatic hydroxyl groups is 6. The largest absolute Gasteiger partial charge is 0.511 e. The number of carbonyl (C=O) groups is 2. The Morgan fingerprint density at radius 1 is 0.951 bits per heavy atom. The van der Waals surface area contributed by atoms with Gasteiger partial charge in [-0.1, -0.05) is 94.8 Å². The molecule has 3 aromatic carbocycles. The van der Waals surface area contributed by atoms with Gasteiger partial charge < -0.3 is 50.7 Å². The predicted octanol–water partition coefficient (Wildman–Crippen LogP) is 4.89. The zero-order valence-electron chi connectivity index (χ0n) is 33.0. The summed E-state index contributed by atoms with van der Waals surface area (Å²) in [7, 11) is 2.92. The standard InChI is InChI=1S/C47H46N2O10S2/c50-19-24-6-1-5-23(15-24)16-25-17-31-38(53)27-8-3-11-32-36(27)40(55)46(31,34(52)18-25)22-60-61-43-28-9-2-7-26-29-10-4-13-45(29,30-12-14-48-42(49-43)37(30)35(26)28)21-47(57)39(54)33(20-51)59-44(58-32)41(47)56/h1-3,5-9,11-12,15,17-18,29,31,33,39,41,43-44,48-52,54,56-57H,4,10,13-14,16,19-22H2. The van der Waals surface area contributed by atoms with Gasteiger partial charge in [-0.2, -0.15) is 0 Å². The minimum Gasteiger partial charge on any atom is -0.511 e. The van der Waals surface area contributed by atoms with Gasteiger partial charge in [0.15, 0.2) is 11.6 Å². The van der Waals surface area contributed by atoms with E-state index in [-0.39, 0.29) is 52.7 Å². The first-order chi connectivity index (χ1) is 29.5. The molecule has 2 spiro atoms. The van der Waals surface area contributed by atoms with Crippen LogP contribution >= 0.6 is 21.6 Å². The fourth-order valence-corrected chi connectivity index (χ4v) is 14.8. The van der Waals surface area contributed by atoms with Crippen molar-refractivity contribution in [2.24, 2.45) is 16.7 Å². The Balaban J connectivity index is 1.09. The molecule has 10 aliphatic rings. The average Bonchev–Trinajstić information content (AvgIpc) is 3.70. The van der Waals surface area contributed by atoms with Crippen LogP contribution in [0.2, 0.25) is 0 Å². The molecule has 1 saturated heterocycles. The van der Waals surface area contributed by atoms with E-state index in [1.165, 1.54) is 27.7 Å². The minimum atomic E-state index is -2.26. The topological polar surface area (TPSA) is 198 Å². The number of ether oxygens (including phenoxy) is 2. The lowest BCUT2D eigenvalue weighted by molar-refractivity contribution is -0.319. The number of allylic oxidation sites excluding steroid dienone is 6. The number of Topliss-reactive ketones (excluding diaryl/α,β-unsaturated/α-hetero) is 2. The van der Waals surface area contributed by atoms with Gasteiger partial charge in [-0.25, -0.2) is 0 Å². The summed E-state index contributed by atoms with van der Waals surface area (Å²) in [5.41, 5.74) is 2.81. The molecule has 3 aromatic rings. The molecule has 13 rings (SSSR count). The SMILES string of the molecule is O=C1c2cccc3c2C(=O)C2(CSSC4NC5=C6C(=CCN5)C5(CCCC5c5cccc4c56)CC4(O)C(O)C(CO)OC(O3)C4O)C(O)=CC(Cc3cccc(CO)c3)=CC12.